The molecule has 0 aromatic carbocycles. The fraction of sp³-hybridized carbons (Fsp3) is 0.636. The Balaban J connectivity index is 1.90. The smallest absolute Gasteiger partial charge is 0.320 e. The summed E-state index contributed by atoms with van der Waals surface area (Å²) >= 11 is 1.70. The first kappa shape index (κ1) is 11.5. The van der Waals surface area contributed by atoms with Gasteiger partial charge >= 0.3 is 5.97 Å². The molecule has 1 aromatic heterocycles. The van der Waals surface area contributed by atoms with Crippen LogP contribution in [-0.4, -0.2) is 40.1 Å². The van der Waals surface area contributed by atoms with Crippen LogP contribution in [0, 0.1) is 0 Å². The van der Waals surface area contributed by atoms with Crippen molar-refractivity contribution in [2.45, 2.75) is 31.7 Å². The van der Waals surface area contributed by atoms with Crippen LogP contribution in [0.15, 0.2) is 11.6 Å². The van der Waals surface area contributed by atoms with Gasteiger partial charge in [-0.3, -0.25) is 9.69 Å². The van der Waals surface area contributed by atoms with E-state index in [0.717, 1.165) is 25.9 Å². The fourth-order valence-electron chi connectivity index (χ4n) is 2.13. The van der Waals surface area contributed by atoms with Crippen molar-refractivity contribution >= 4 is 17.3 Å². The standard InChI is InChI=1S/C11H16N2O2S/c1-8(11(14)15)13-5-2-9(3-6-13)10-12-4-7-16-10/h4,7-9H,2-3,5-6H2,1H3,(H,14,15). The maximum atomic E-state index is 10.9. The van der Waals surface area contributed by atoms with E-state index in [1.165, 1.54) is 5.01 Å². The van der Waals surface area contributed by atoms with E-state index in [9.17, 15) is 4.79 Å². The van der Waals surface area contributed by atoms with Gasteiger partial charge in [0.05, 0.1) is 5.01 Å². The molecule has 0 amide bonds. The summed E-state index contributed by atoms with van der Waals surface area (Å²) in [7, 11) is 0. The number of carboxylic acid groups (broad SMARTS) is 1. The largest absolute Gasteiger partial charge is 0.480 e. The molecule has 16 heavy (non-hydrogen) atoms. The molecule has 88 valence electrons. The van der Waals surface area contributed by atoms with Crippen LogP contribution in [0.2, 0.25) is 0 Å². The molecule has 1 aliphatic rings. The van der Waals surface area contributed by atoms with E-state index >= 15 is 0 Å². The Labute approximate surface area is 98.9 Å². The molecule has 0 saturated carbocycles. The monoisotopic (exact) mass is 240 g/mol. The predicted octanol–water partition coefficient (Wildman–Crippen LogP) is 1.80. The van der Waals surface area contributed by atoms with E-state index in [4.69, 9.17) is 5.11 Å². The van der Waals surface area contributed by atoms with Gasteiger partial charge in [0.25, 0.3) is 0 Å². The number of rotatable bonds is 3. The first-order valence-corrected chi connectivity index (χ1v) is 6.42. The zero-order valence-corrected chi connectivity index (χ0v) is 10.1. The average molecular weight is 240 g/mol. The van der Waals surface area contributed by atoms with E-state index in [2.05, 4.69) is 4.98 Å². The Kier molecular flexibility index (Phi) is 3.56. The maximum Gasteiger partial charge on any atom is 0.320 e. The lowest BCUT2D eigenvalue weighted by molar-refractivity contribution is -0.143. The summed E-state index contributed by atoms with van der Waals surface area (Å²) in [6.07, 6.45) is 3.88. The van der Waals surface area contributed by atoms with Crippen LogP contribution in [0.3, 0.4) is 0 Å². The van der Waals surface area contributed by atoms with Gasteiger partial charge in [-0.25, -0.2) is 4.98 Å². The van der Waals surface area contributed by atoms with Crippen molar-refractivity contribution in [1.29, 1.82) is 0 Å². The van der Waals surface area contributed by atoms with Crippen molar-refractivity contribution in [2.75, 3.05) is 13.1 Å². The second-order valence-electron chi connectivity index (χ2n) is 4.19. The predicted molar refractivity (Wildman–Crippen MR) is 62.8 cm³/mol. The Hall–Kier alpha value is -0.940. The lowest BCUT2D eigenvalue weighted by Crippen LogP contribution is -2.43. The van der Waals surface area contributed by atoms with Crippen molar-refractivity contribution in [3.8, 4) is 0 Å². The number of thiazole rings is 1. The van der Waals surface area contributed by atoms with Crippen LogP contribution in [0.25, 0.3) is 0 Å². The van der Waals surface area contributed by atoms with Crippen molar-refractivity contribution < 1.29 is 9.90 Å². The highest BCUT2D eigenvalue weighted by molar-refractivity contribution is 7.09. The minimum Gasteiger partial charge on any atom is -0.480 e. The molecule has 2 heterocycles. The highest BCUT2D eigenvalue weighted by Crippen LogP contribution is 2.29. The summed E-state index contributed by atoms with van der Waals surface area (Å²) < 4.78 is 0. The van der Waals surface area contributed by atoms with Gasteiger partial charge in [0.2, 0.25) is 0 Å². The Morgan fingerprint density at radius 3 is 2.81 bits per heavy atom. The van der Waals surface area contributed by atoms with Crippen molar-refractivity contribution in [1.82, 2.24) is 9.88 Å². The lowest BCUT2D eigenvalue weighted by atomic mass is 9.96. The second kappa shape index (κ2) is 4.93. The third kappa shape index (κ3) is 2.41. The highest BCUT2D eigenvalue weighted by atomic mass is 32.1. The van der Waals surface area contributed by atoms with Crippen LogP contribution in [-0.2, 0) is 4.79 Å². The molecule has 2 rings (SSSR count). The van der Waals surface area contributed by atoms with Crippen LogP contribution in [0.5, 0.6) is 0 Å². The number of carbonyl (C=O) groups is 1. The molecule has 1 aliphatic heterocycles. The topological polar surface area (TPSA) is 53.4 Å². The second-order valence-corrected chi connectivity index (χ2v) is 5.12. The molecule has 0 radical (unpaired) electrons. The number of hydrogen-bond acceptors (Lipinski definition) is 4. The Bertz CT molecular complexity index is 345. The summed E-state index contributed by atoms with van der Waals surface area (Å²) in [4.78, 5) is 17.2. The van der Waals surface area contributed by atoms with E-state index in [0.29, 0.717) is 5.92 Å². The number of nitrogens with zero attached hydrogens (tertiary/aromatic N) is 2. The van der Waals surface area contributed by atoms with Gasteiger partial charge in [0.15, 0.2) is 0 Å². The van der Waals surface area contributed by atoms with Gasteiger partial charge in [-0.2, -0.15) is 0 Å². The molecule has 1 N–H and O–H groups in total. The molecule has 0 bridgehead atoms. The lowest BCUT2D eigenvalue weighted by Gasteiger charge is -2.33. The summed E-state index contributed by atoms with van der Waals surface area (Å²) in [6, 6.07) is -0.364. The molecule has 1 atom stereocenters. The van der Waals surface area contributed by atoms with E-state index in [1.807, 2.05) is 16.5 Å². The molecule has 1 unspecified atom stereocenters. The van der Waals surface area contributed by atoms with Crippen LogP contribution in [0.1, 0.15) is 30.7 Å². The molecule has 4 nitrogen and oxygen atoms in total. The highest BCUT2D eigenvalue weighted by Gasteiger charge is 2.27. The van der Waals surface area contributed by atoms with Crippen LogP contribution >= 0.6 is 11.3 Å². The van der Waals surface area contributed by atoms with Crippen molar-refractivity contribution in [2.24, 2.45) is 0 Å². The number of hydrogen-bond donors (Lipinski definition) is 1. The zero-order valence-electron chi connectivity index (χ0n) is 9.30. The maximum absolute atomic E-state index is 10.9. The van der Waals surface area contributed by atoms with E-state index < -0.39 is 5.97 Å². The van der Waals surface area contributed by atoms with Gasteiger partial charge in [0, 0.05) is 17.5 Å². The van der Waals surface area contributed by atoms with Crippen molar-refractivity contribution in [3.63, 3.8) is 0 Å². The SMILES string of the molecule is CC(C(=O)O)N1CCC(c2nccs2)CC1. The van der Waals surface area contributed by atoms with Gasteiger partial charge in [-0.15, -0.1) is 11.3 Å². The molecule has 0 spiro atoms. The number of aliphatic carboxylic acids is 1. The number of aromatic nitrogens is 1. The van der Waals surface area contributed by atoms with E-state index in [1.54, 1.807) is 18.3 Å². The quantitative estimate of drug-likeness (QED) is 0.875. The van der Waals surface area contributed by atoms with Gasteiger partial charge < -0.3 is 5.11 Å². The summed E-state index contributed by atoms with van der Waals surface area (Å²) in [5.74, 6) is -0.204. The molecular formula is C11H16N2O2S. The third-order valence-corrected chi connectivity index (χ3v) is 4.17. The Morgan fingerprint density at radius 2 is 2.31 bits per heavy atom. The summed E-state index contributed by atoms with van der Waals surface area (Å²) in [6.45, 7) is 3.47. The zero-order chi connectivity index (χ0) is 11.5. The molecular weight excluding hydrogens is 224 g/mol. The van der Waals surface area contributed by atoms with Crippen molar-refractivity contribution in [3.05, 3.63) is 16.6 Å². The molecule has 1 saturated heterocycles. The number of likely N-dealkylation sites (tertiary alicyclic amines) is 1. The minimum absolute atomic E-state index is 0.364. The number of carboxylic acids is 1. The molecule has 0 aliphatic carbocycles. The van der Waals surface area contributed by atoms with Gasteiger partial charge in [-0.05, 0) is 32.9 Å². The fourth-order valence-corrected chi connectivity index (χ4v) is 2.94. The number of piperidine rings is 1. The molecule has 1 aromatic rings. The third-order valence-electron chi connectivity index (χ3n) is 3.24. The normalized spacial score (nSPS) is 20.8. The summed E-state index contributed by atoms with van der Waals surface area (Å²) in [5.41, 5.74) is 0. The van der Waals surface area contributed by atoms with Crippen LogP contribution < -0.4 is 0 Å². The summed E-state index contributed by atoms with van der Waals surface area (Å²) in [5, 5.41) is 12.1. The van der Waals surface area contributed by atoms with E-state index in [-0.39, 0.29) is 6.04 Å². The average Bonchev–Trinajstić information content (AvgIpc) is 2.81. The molecule has 5 heteroatoms. The van der Waals surface area contributed by atoms with Crippen LogP contribution in [0.4, 0.5) is 0 Å². The van der Waals surface area contributed by atoms with Gasteiger partial charge in [-0.1, -0.05) is 0 Å². The van der Waals surface area contributed by atoms with Gasteiger partial charge in [0.1, 0.15) is 6.04 Å². The molecule has 1 fully saturated rings. The first-order valence-electron chi connectivity index (χ1n) is 5.54. The minimum atomic E-state index is -0.729. The Morgan fingerprint density at radius 1 is 1.62 bits per heavy atom. The first-order chi connectivity index (χ1) is 7.68.